The lowest BCUT2D eigenvalue weighted by atomic mass is 9.96. The van der Waals surface area contributed by atoms with Crippen molar-refractivity contribution in [1.29, 1.82) is 0 Å². The van der Waals surface area contributed by atoms with Crippen molar-refractivity contribution in [3.05, 3.63) is 49.0 Å². The van der Waals surface area contributed by atoms with Gasteiger partial charge in [0.2, 0.25) is 6.41 Å². The van der Waals surface area contributed by atoms with Gasteiger partial charge in [0, 0.05) is 11.6 Å². The van der Waals surface area contributed by atoms with Crippen LogP contribution < -0.4 is 10.1 Å². The molecule has 0 radical (unpaired) electrons. The van der Waals surface area contributed by atoms with Gasteiger partial charge in [-0.15, -0.1) is 0 Å². The molecule has 1 amide bonds. The number of amides is 1. The van der Waals surface area contributed by atoms with E-state index in [9.17, 15) is 4.79 Å². The van der Waals surface area contributed by atoms with Crippen LogP contribution >= 0.6 is 0 Å². The molecule has 2 aromatic heterocycles. The Hall–Kier alpha value is -2.89. The Morgan fingerprint density at radius 1 is 1.17 bits per heavy atom. The first-order chi connectivity index (χ1) is 11.4. The highest BCUT2D eigenvalue weighted by Gasteiger charge is 2.19. The third-order valence-electron chi connectivity index (χ3n) is 3.56. The van der Waals surface area contributed by atoms with Gasteiger partial charge in [0.25, 0.3) is 0 Å². The second-order valence-corrected chi connectivity index (χ2v) is 5.10. The van der Waals surface area contributed by atoms with Crippen LogP contribution in [0.2, 0.25) is 0 Å². The number of carbonyl (C=O) groups is 1. The number of carbonyl (C=O) groups excluding carboxylic acids is 1. The maximum absolute atomic E-state index is 9.66. The molecule has 2 heterocycles. The van der Waals surface area contributed by atoms with Gasteiger partial charge in [0.15, 0.2) is 0 Å². The highest BCUT2D eigenvalue weighted by molar-refractivity contribution is 5.84. The van der Waals surface area contributed by atoms with Gasteiger partial charge >= 0.3 is 6.01 Å². The number of pyridine rings is 1. The number of fused-ring (bicyclic) bond motifs is 1. The van der Waals surface area contributed by atoms with Gasteiger partial charge in [-0.25, -0.2) is 4.98 Å². The summed E-state index contributed by atoms with van der Waals surface area (Å²) in [7, 11) is 0. The van der Waals surface area contributed by atoms with Crippen LogP contribution in [0.15, 0.2) is 53.4 Å². The first-order valence-corrected chi connectivity index (χ1v) is 7.47. The molecular weight excluding hydrogens is 294 g/mol. The van der Waals surface area contributed by atoms with E-state index < -0.39 is 0 Å². The average Bonchev–Trinajstić information content (AvgIpc) is 3.05. The standard InChI is InChI=1S/C13H13NO.C4H4N2O2/c1-4-10-5-3-9-14-13(10)12(8-1)15-11-6-2-7-11;7-3-6-4-5-1-2-8-4/h1,3-5,8-9,11H,2,6-7H2;1-3H,(H,5,6,7). The monoisotopic (exact) mass is 311 g/mol. The molecule has 4 rings (SSSR count). The van der Waals surface area contributed by atoms with Gasteiger partial charge in [-0.1, -0.05) is 18.2 Å². The molecule has 1 fully saturated rings. The van der Waals surface area contributed by atoms with E-state index in [-0.39, 0.29) is 6.01 Å². The lowest BCUT2D eigenvalue weighted by Crippen LogP contribution is -2.24. The van der Waals surface area contributed by atoms with E-state index >= 15 is 0 Å². The molecule has 0 saturated heterocycles. The van der Waals surface area contributed by atoms with Gasteiger partial charge in [0.1, 0.15) is 17.5 Å². The first-order valence-electron chi connectivity index (χ1n) is 7.47. The summed E-state index contributed by atoms with van der Waals surface area (Å²) < 4.78 is 10.5. The smallest absolute Gasteiger partial charge is 0.301 e. The number of aromatic nitrogens is 2. The Morgan fingerprint density at radius 2 is 2.04 bits per heavy atom. The molecular formula is C17H17N3O3. The first kappa shape index (κ1) is 15.0. The molecule has 0 spiro atoms. The van der Waals surface area contributed by atoms with Crippen molar-refractivity contribution in [1.82, 2.24) is 9.97 Å². The Morgan fingerprint density at radius 3 is 2.74 bits per heavy atom. The molecule has 3 aromatic rings. The van der Waals surface area contributed by atoms with Crippen molar-refractivity contribution in [3.8, 4) is 5.75 Å². The van der Waals surface area contributed by atoms with Gasteiger partial charge < -0.3 is 9.15 Å². The lowest BCUT2D eigenvalue weighted by Gasteiger charge is -2.26. The number of nitrogens with one attached hydrogen (secondary N) is 1. The number of oxazole rings is 1. The maximum Gasteiger partial charge on any atom is 0.301 e. The highest BCUT2D eigenvalue weighted by Crippen LogP contribution is 2.29. The molecule has 0 atom stereocenters. The van der Waals surface area contributed by atoms with E-state index in [1.54, 1.807) is 0 Å². The van der Waals surface area contributed by atoms with Gasteiger partial charge in [-0.2, -0.15) is 0 Å². The molecule has 23 heavy (non-hydrogen) atoms. The van der Waals surface area contributed by atoms with Crippen molar-refractivity contribution in [3.63, 3.8) is 0 Å². The minimum atomic E-state index is 0.222. The van der Waals surface area contributed by atoms with Crippen molar-refractivity contribution in [2.45, 2.75) is 25.4 Å². The molecule has 1 N–H and O–H groups in total. The van der Waals surface area contributed by atoms with Crippen molar-refractivity contribution < 1.29 is 13.9 Å². The Labute approximate surface area is 133 Å². The minimum Gasteiger partial charge on any atom is -0.488 e. The summed E-state index contributed by atoms with van der Waals surface area (Å²) in [4.78, 5) is 17.6. The summed E-state index contributed by atoms with van der Waals surface area (Å²) in [5.74, 6) is 0.929. The van der Waals surface area contributed by atoms with Crippen LogP contribution in [-0.2, 0) is 4.79 Å². The van der Waals surface area contributed by atoms with E-state index in [0.717, 1.165) is 16.7 Å². The molecule has 0 aliphatic heterocycles. The summed E-state index contributed by atoms with van der Waals surface area (Å²) in [5, 5.41) is 3.38. The SMILES string of the molecule is O=CNc1ncco1.c1cnc2c(OC3CCC3)cccc2c1. The van der Waals surface area contributed by atoms with E-state index in [0.29, 0.717) is 12.5 Å². The summed E-state index contributed by atoms with van der Waals surface area (Å²) >= 11 is 0. The normalized spacial score (nSPS) is 13.6. The maximum atomic E-state index is 9.66. The van der Waals surface area contributed by atoms with Gasteiger partial charge in [-0.3, -0.25) is 15.1 Å². The molecule has 0 unspecified atom stereocenters. The predicted molar refractivity (Wildman–Crippen MR) is 86.2 cm³/mol. The lowest BCUT2D eigenvalue weighted by molar-refractivity contribution is -0.105. The second kappa shape index (κ2) is 7.40. The molecule has 118 valence electrons. The molecule has 1 aromatic carbocycles. The molecule has 0 bridgehead atoms. The number of nitrogens with zero attached hydrogens (tertiary/aromatic N) is 2. The second-order valence-electron chi connectivity index (χ2n) is 5.10. The predicted octanol–water partition coefficient (Wildman–Crippen LogP) is 3.41. The van der Waals surface area contributed by atoms with Crippen LogP contribution in [0.25, 0.3) is 10.9 Å². The van der Waals surface area contributed by atoms with E-state index in [1.807, 2.05) is 24.4 Å². The van der Waals surface area contributed by atoms with Crippen LogP contribution in [0.4, 0.5) is 6.01 Å². The third-order valence-corrected chi connectivity index (χ3v) is 3.56. The summed E-state index contributed by atoms with van der Waals surface area (Å²) in [6, 6.07) is 10.3. The average molecular weight is 311 g/mol. The fourth-order valence-corrected chi connectivity index (χ4v) is 2.18. The van der Waals surface area contributed by atoms with Crippen LogP contribution in [0.3, 0.4) is 0 Å². The zero-order valence-electron chi connectivity index (χ0n) is 12.5. The van der Waals surface area contributed by atoms with Crippen LogP contribution in [-0.4, -0.2) is 22.5 Å². The fraction of sp³-hybridized carbons (Fsp3) is 0.235. The number of rotatable bonds is 4. The van der Waals surface area contributed by atoms with Crippen LogP contribution in [0, 0.1) is 0 Å². The highest BCUT2D eigenvalue weighted by atomic mass is 16.5. The Bertz CT molecular complexity index is 749. The molecule has 6 heteroatoms. The van der Waals surface area contributed by atoms with Crippen molar-refractivity contribution in [2.75, 3.05) is 5.32 Å². The Balaban J connectivity index is 0.000000166. The largest absolute Gasteiger partial charge is 0.488 e. The number of ether oxygens (including phenoxy) is 1. The summed E-state index contributed by atoms with van der Waals surface area (Å²) in [6.45, 7) is 0. The summed E-state index contributed by atoms with van der Waals surface area (Å²) in [5.41, 5.74) is 0.979. The van der Waals surface area contributed by atoms with Crippen molar-refractivity contribution in [2.24, 2.45) is 0 Å². The number of benzene rings is 1. The topological polar surface area (TPSA) is 77.3 Å². The van der Waals surface area contributed by atoms with Crippen molar-refractivity contribution >= 4 is 23.3 Å². The Kier molecular flexibility index (Phi) is 4.83. The van der Waals surface area contributed by atoms with E-state index in [2.05, 4.69) is 31.8 Å². The van der Waals surface area contributed by atoms with E-state index in [4.69, 9.17) is 4.74 Å². The van der Waals surface area contributed by atoms with Crippen LogP contribution in [0.1, 0.15) is 19.3 Å². The zero-order valence-corrected chi connectivity index (χ0v) is 12.5. The molecule has 1 aliphatic carbocycles. The number of para-hydroxylation sites is 1. The van der Waals surface area contributed by atoms with Gasteiger partial charge in [-0.05, 0) is 31.4 Å². The van der Waals surface area contributed by atoms with Crippen LogP contribution in [0.5, 0.6) is 5.75 Å². The quantitative estimate of drug-likeness (QED) is 0.747. The number of anilines is 1. The molecule has 6 nitrogen and oxygen atoms in total. The number of hydrogen-bond donors (Lipinski definition) is 1. The summed E-state index contributed by atoms with van der Waals surface area (Å²) in [6.07, 6.45) is 9.23. The minimum absolute atomic E-state index is 0.222. The van der Waals surface area contributed by atoms with E-state index in [1.165, 1.54) is 31.7 Å². The zero-order chi connectivity index (χ0) is 15.9. The molecule has 1 aliphatic rings. The fourth-order valence-electron chi connectivity index (χ4n) is 2.18. The number of hydrogen-bond acceptors (Lipinski definition) is 5. The molecule has 1 saturated carbocycles. The van der Waals surface area contributed by atoms with Gasteiger partial charge in [0.05, 0.1) is 12.3 Å². The third kappa shape index (κ3) is 3.85.